The minimum atomic E-state index is -0.352. The number of thioether (sulfide) groups is 1. The number of anilines is 1. The van der Waals surface area contributed by atoms with Crippen molar-refractivity contribution < 1.29 is 4.74 Å². The Morgan fingerprint density at radius 2 is 1.65 bits per heavy atom. The van der Waals surface area contributed by atoms with Crippen LogP contribution in [0.2, 0.25) is 10.0 Å². The van der Waals surface area contributed by atoms with E-state index in [9.17, 15) is 0 Å². The van der Waals surface area contributed by atoms with Crippen LogP contribution >= 0.6 is 35.0 Å². The summed E-state index contributed by atoms with van der Waals surface area (Å²) in [5, 5.41) is 10.4. The Labute approximate surface area is 211 Å². The highest BCUT2D eigenvalue weighted by atomic mass is 35.5. The van der Waals surface area contributed by atoms with Gasteiger partial charge in [0.2, 0.25) is 11.1 Å². The zero-order valence-corrected chi connectivity index (χ0v) is 20.7. The molecule has 3 aromatic carbocycles. The van der Waals surface area contributed by atoms with Crippen molar-refractivity contribution >= 4 is 46.6 Å². The number of hydrogen-bond acceptors (Lipinski definition) is 5. The fraction of sp³-hybridized carbons (Fsp3) is 0.154. The summed E-state index contributed by atoms with van der Waals surface area (Å²) in [7, 11) is 0. The van der Waals surface area contributed by atoms with Crippen LogP contribution in [0, 0.1) is 6.92 Å². The summed E-state index contributed by atoms with van der Waals surface area (Å²) in [6.07, 6.45) is 1.62. The second-order valence-electron chi connectivity index (χ2n) is 8.33. The standard InChI is InChI=1S/C26H20Cl2N4OS/c1-14-3-5-15(6-4-14)23-21-22(29-25-30-26(34-2)31-32(23)25)19-13-18(28)11-12-20(19)33-24(21)16-7-9-17(27)10-8-16/h3-13,23-24H,1-2H3,(H,29,30,31)/t23-,24+/m1/s1. The van der Waals surface area contributed by atoms with Gasteiger partial charge in [-0.1, -0.05) is 76.9 Å². The normalized spacial score (nSPS) is 18.5. The zero-order chi connectivity index (χ0) is 23.4. The zero-order valence-electron chi connectivity index (χ0n) is 18.4. The van der Waals surface area contributed by atoms with Crippen molar-refractivity contribution in [3.8, 4) is 5.75 Å². The van der Waals surface area contributed by atoms with Crippen molar-refractivity contribution in [1.82, 2.24) is 14.8 Å². The van der Waals surface area contributed by atoms with Crippen molar-refractivity contribution in [1.29, 1.82) is 0 Å². The first-order valence-electron chi connectivity index (χ1n) is 10.8. The minimum absolute atomic E-state index is 0.215. The monoisotopic (exact) mass is 506 g/mol. The van der Waals surface area contributed by atoms with Crippen LogP contribution in [0.3, 0.4) is 0 Å². The topological polar surface area (TPSA) is 52.0 Å². The number of fused-ring (bicyclic) bond motifs is 3. The summed E-state index contributed by atoms with van der Waals surface area (Å²) in [6.45, 7) is 2.09. The molecule has 0 aliphatic carbocycles. The van der Waals surface area contributed by atoms with E-state index in [1.54, 1.807) is 0 Å². The molecule has 4 aromatic rings. The Bertz CT molecular complexity index is 1430. The molecule has 1 N–H and O–H groups in total. The molecule has 170 valence electrons. The number of benzene rings is 3. The SMILES string of the molecule is CSc1nc2n(n1)[C@H](c1ccc(C)cc1)C1=C(N2)c2cc(Cl)ccc2O[C@H]1c1ccc(Cl)cc1. The van der Waals surface area contributed by atoms with Crippen LogP contribution in [-0.4, -0.2) is 21.0 Å². The lowest BCUT2D eigenvalue weighted by Crippen LogP contribution is -2.32. The molecule has 0 fully saturated rings. The molecule has 2 aliphatic heterocycles. The molecule has 0 saturated carbocycles. The average molecular weight is 507 g/mol. The summed E-state index contributed by atoms with van der Waals surface area (Å²) >= 11 is 14.1. The van der Waals surface area contributed by atoms with Gasteiger partial charge in [-0.3, -0.25) is 0 Å². The Hall–Kier alpha value is -2.93. The lowest BCUT2D eigenvalue weighted by molar-refractivity contribution is 0.223. The number of halogens is 2. The summed E-state index contributed by atoms with van der Waals surface area (Å²) in [6, 6.07) is 21.8. The highest BCUT2D eigenvalue weighted by Crippen LogP contribution is 2.51. The first-order valence-corrected chi connectivity index (χ1v) is 12.8. The van der Waals surface area contributed by atoms with Crippen LogP contribution in [0.25, 0.3) is 5.70 Å². The molecule has 5 nitrogen and oxygen atoms in total. The van der Waals surface area contributed by atoms with Gasteiger partial charge in [0.15, 0.2) is 0 Å². The molecule has 2 aliphatic rings. The van der Waals surface area contributed by atoms with Gasteiger partial charge in [-0.25, -0.2) is 4.68 Å². The van der Waals surface area contributed by atoms with E-state index in [4.69, 9.17) is 38.0 Å². The van der Waals surface area contributed by atoms with Gasteiger partial charge in [0.25, 0.3) is 0 Å². The largest absolute Gasteiger partial charge is 0.480 e. The molecule has 34 heavy (non-hydrogen) atoms. The average Bonchev–Trinajstić information content (AvgIpc) is 3.27. The molecule has 8 heteroatoms. The van der Waals surface area contributed by atoms with Crippen molar-refractivity contribution in [2.45, 2.75) is 24.2 Å². The van der Waals surface area contributed by atoms with Gasteiger partial charge in [-0.2, -0.15) is 4.98 Å². The number of ether oxygens (including phenoxy) is 1. The number of hydrogen-bond donors (Lipinski definition) is 1. The molecule has 0 amide bonds. The molecule has 0 unspecified atom stereocenters. The fourth-order valence-corrected chi connectivity index (χ4v) is 5.20. The van der Waals surface area contributed by atoms with Crippen LogP contribution < -0.4 is 10.1 Å². The van der Waals surface area contributed by atoms with Gasteiger partial charge in [0.05, 0.1) is 5.70 Å². The maximum absolute atomic E-state index is 6.64. The van der Waals surface area contributed by atoms with Crippen LogP contribution in [0.15, 0.2) is 77.5 Å². The van der Waals surface area contributed by atoms with Crippen molar-refractivity contribution in [3.05, 3.63) is 105 Å². The Balaban J connectivity index is 1.63. The van der Waals surface area contributed by atoms with Crippen molar-refractivity contribution in [2.75, 3.05) is 11.6 Å². The number of aromatic nitrogens is 3. The Kier molecular flexibility index (Phi) is 5.32. The summed E-state index contributed by atoms with van der Waals surface area (Å²) in [5.74, 6) is 1.45. The molecule has 0 saturated heterocycles. The highest BCUT2D eigenvalue weighted by molar-refractivity contribution is 7.98. The fourth-order valence-electron chi connectivity index (χ4n) is 4.55. The second-order valence-corrected chi connectivity index (χ2v) is 9.97. The first kappa shape index (κ1) is 21.6. The van der Waals surface area contributed by atoms with Gasteiger partial charge < -0.3 is 10.1 Å². The summed E-state index contributed by atoms with van der Waals surface area (Å²) in [4.78, 5) is 4.74. The van der Waals surface area contributed by atoms with Crippen molar-refractivity contribution in [3.63, 3.8) is 0 Å². The predicted molar refractivity (Wildman–Crippen MR) is 138 cm³/mol. The van der Waals surface area contributed by atoms with Crippen LogP contribution in [-0.2, 0) is 0 Å². The number of aryl methyl sites for hydroxylation is 1. The Morgan fingerprint density at radius 1 is 0.941 bits per heavy atom. The van der Waals surface area contributed by atoms with E-state index in [1.807, 2.05) is 53.4 Å². The molecular weight excluding hydrogens is 487 g/mol. The van der Waals surface area contributed by atoms with E-state index >= 15 is 0 Å². The minimum Gasteiger partial charge on any atom is -0.480 e. The molecule has 1 aromatic heterocycles. The van der Waals surface area contributed by atoms with E-state index in [-0.39, 0.29) is 12.1 Å². The van der Waals surface area contributed by atoms with Crippen molar-refractivity contribution in [2.24, 2.45) is 0 Å². The third-order valence-electron chi connectivity index (χ3n) is 6.16. The third kappa shape index (κ3) is 3.57. The van der Waals surface area contributed by atoms with E-state index in [2.05, 4.69) is 36.5 Å². The quantitative estimate of drug-likeness (QED) is 0.298. The molecule has 0 spiro atoms. The van der Waals surface area contributed by atoms with Gasteiger partial charge in [0, 0.05) is 21.2 Å². The van der Waals surface area contributed by atoms with Gasteiger partial charge in [0.1, 0.15) is 17.9 Å². The van der Waals surface area contributed by atoms with Crippen LogP contribution in [0.4, 0.5) is 5.95 Å². The van der Waals surface area contributed by atoms with E-state index in [1.165, 1.54) is 17.3 Å². The predicted octanol–water partition coefficient (Wildman–Crippen LogP) is 7.18. The van der Waals surface area contributed by atoms with Gasteiger partial charge >= 0.3 is 0 Å². The van der Waals surface area contributed by atoms with Crippen LogP contribution in [0.5, 0.6) is 5.75 Å². The molecule has 3 heterocycles. The maximum atomic E-state index is 6.64. The first-order chi connectivity index (χ1) is 16.5. The number of nitrogens with one attached hydrogen (secondary N) is 1. The lowest BCUT2D eigenvalue weighted by atomic mass is 9.84. The molecule has 0 radical (unpaired) electrons. The smallest absolute Gasteiger partial charge is 0.227 e. The van der Waals surface area contributed by atoms with Gasteiger partial charge in [-0.15, -0.1) is 5.10 Å². The number of nitrogens with zero attached hydrogens (tertiary/aromatic N) is 3. The molecule has 2 atom stereocenters. The third-order valence-corrected chi connectivity index (χ3v) is 7.19. The van der Waals surface area contributed by atoms with E-state index < -0.39 is 0 Å². The highest BCUT2D eigenvalue weighted by Gasteiger charge is 2.41. The summed E-state index contributed by atoms with van der Waals surface area (Å²) in [5.41, 5.74) is 6.20. The van der Waals surface area contributed by atoms with Crippen LogP contribution in [0.1, 0.15) is 34.4 Å². The molecule has 6 rings (SSSR count). The van der Waals surface area contributed by atoms with Gasteiger partial charge in [-0.05, 0) is 54.6 Å². The maximum Gasteiger partial charge on any atom is 0.227 e. The Morgan fingerprint density at radius 3 is 2.38 bits per heavy atom. The second kappa shape index (κ2) is 8.38. The summed E-state index contributed by atoms with van der Waals surface area (Å²) < 4.78 is 8.60. The molecular formula is C26H20Cl2N4OS. The van der Waals surface area contributed by atoms with E-state index in [0.717, 1.165) is 33.7 Å². The molecule has 0 bridgehead atoms. The number of rotatable bonds is 3. The van der Waals surface area contributed by atoms with E-state index in [0.29, 0.717) is 21.2 Å². The lowest BCUT2D eigenvalue weighted by Gasteiger charge is -2.39.